The molecule has 0 saturated heterocycles. The van der Waals surface area contributed by atoms with E-state index in [9.17, 15) is 14.4 Å². The summed E-state index contributed by atoms with van der Waals surface area (Å²) in [5, 5.41) is 4.47. The zero-order valence-electron chi connectivity index (χ0n) is 11.5. The number of hydrogen-bond donors (Lipinski definition) is 2. The molecule has 1 heterocycles. The van der Waals surface area contributed by atoms with Crippen molar-refractivity contribution in [2.24, 2.45) is 5.73 Å². The van der Waals surface area contributed by atoms with Gasteiger partial charge in [-0.1, -0.05) is 11.3 Å². The molecule has 0 aliphatic heterocycles. The van der Waals surface area contributed by atoms with Gasteiger partial charge in [0.2, 0.25) is 11.8 Å². The maximum absolute atomic E-state index is 11.8. The van der Waals surface area contributed by atoms with Gasteiger partial charge < -0.3 is 15.6 Å². The minimum atomic E-state index is -0.514. The normalized spacial score (nSPS) is 10.3. The number of thiazole rings is 1. The summed E-state index contributed by atoms with van der Waals surface area (Å²) in [4.78, 5) is 34.2. The van der Waals surface area contributed by atoms with Gasteiger partial charge in [0.15, 0.2) is 0 Å². The van der Waals surface area contributed by atoms with Crippen molar-refractivity contribution in [1.29, 1.82) is 0 Å². The van der Waals surface area contributed by atoms with Gasteiger partial charge in [-0.2, -0.15) is 0 Å². The van der Waals surface area contributed by atoms with E-state index < -0.39 is 5.91 Å². The summed E-state index contributed by atoms with van der Waals surface area (Å²) in [7, 11) is 0. The number of amides is 2. The lowest BCUT2D eigenvalue weighted by molar-refractivity contribution is -0.116. The van der Waals surface area contributed by atoms with Crippen molar-refractivity contribution in [3.05, 3.63) is 50.6 Å². The van der Waals surface area contributed by atoms with Crippen LogP contribution in [0, 0.1) is 6.92 Å². The molecule has 7 heteroatoms. The monoisotopic (exact) mass is 305 g/mol. The summed E-state index contributed by atoms with van der Waals surface area (Å²) < 4.78 is 1.57. The number of carbonyl (C=O) groups excluding carboxylic acids is 2. The van der Waals surface area contributed by atoms with Gasteiger partial charge in [0.05, 0.1) is 0 Å². The SMILES string of the molecule is Cc1csc(=O)n1CCC(=O)Nc1ccc(C(N)=O)cc1. The van der Waals surface area contributed by atoms with Crippen LogP contribution in [0.15, 0.2) is 34.4 Å². The van der Waals surface area contributed by atoms with Crippen LogP contribution in [0.2, 0.25) is 0 Å². The molecular formula is C14H15N3O3S. The zero-order valence-corrected chi connectivity index (χ0v) is 12.3. The number of nitrogens with zero attached hydrogens (tertiary/aromatic N) is 1. The highest BCUT2D eigenvalue weighted by Crippen LogP contribution is 2.10. The Labute approximate surface area is 125 Å². The second kappa shape index (κ2) is 6.36. The number of benzene rings is 1. The fourth-order valence-electron chi connectivity index (χ4n) is 1.83. The molecule has 2 amide bonds. The second-order valence-electron chi connectivity index (χ2n) is 4.53. The van der Waals surface area contributed by atoms with Crippen LogP contribution in [0.1, 0.15) is 22.5 Å². The molecule has 0 aliphatic rings. The Morgan fingerprint density at radius 2 is 1.95 bits per heavy atom. The number of anilines is 1. The molecule has 0 fully saturated rings. The van der Waals surface area contributed by atoms with Crippen molar-refractivity contribution in [2.45, 2.75) is 19.9 Å². The van der Waals surface area contributed by atoms with Crippen molar-refractivity contribution in [3.63, 3.8) is 0 Å². The van der Waals surface area contributed by atoms with E-state index in [4.69, 9.17) is 5.73 Å². The van der Waals surface area contributed by atoms with Crippen LogP contribution in [0.25, 0.3) is 0 Å². The molecule has 110 valence electrons. The second-order valence-corrected chi connectivity index (χ2v) is 5.36. The smallest absolute Gasteiger partial charge is 0.307 e. The standard InChI is InChI=1S/C14H15N3O3S/c1-9-8-21-14(20)17(9)7-6-12(18)16-11-4-2-10(3-5-11)13(15)19/h2-5,8H,6-7H2,1H3,(H2,15,19)(H,16,18). The molecule has 0 atom stereocenters. The molecule has 3 N–H and O–H groups in total. The first-order valence-electron chi connectivity index (χ1n) is 6.32. The molecule has 2 aromatic rings. The van der Waals surface area contributed by atoms with Gasteiger partial charge in [0.1, 0.15) is 0 Å². The first-order chi connectivity index (χ1) is 9.97. The third-order valence-electron chi connectivity index (χ3n) is 2.99. The van der Waals surface area contributed by atoms with Crippen LogP contribution in [0.4, 0.5) is 5.69 Å². The number of nitrogens with one attached hydrogen (secondary N) is 1. The summed E-state index contributed by atoms with van der Waals surface area (Å²) >= 11 is 1.12. The lowest BCUT2D eigenvalue weighted by atomic mass is 10.2. The number of primary amides is 1. The van der Waals surface area contributed by atoms with E-state index in [1.165, 1.54) is 0 Å². The van der Waals surface area contributed by atoms with E-state index in [-0.39, 0.29) is 17.2 Å². The van der Waals surface area contributed by atoms with Gasteiger partial charge in [0, 0.05) is 35.3 Å². The van der Waals surface area contributed by atoms with Gasteiger partial charge in [0.25, 0.3) is 0 Å². The molecule has 0 bridgehead atoms. The van der Waals surface area contributed by atoms with Crippen LogP contribution in [-0.2, 0) is 11.3 Å². The number of hydrogen-bond acceptors (Lipinski definition) is 4. The first-order valence-corrected chi connectivity index (χ1v) is 7.20. The van der Waals surface area contributed by atoms with Gasteiger partial charge in [-0.3, -0.25) is 14.4 Å². The molecule has 21 heavy (non-hydrogen) atoms. The van der Waals surface area contributed by atoms with Crippen LogP contribution >= 0.6 is 11.3 Å². The summed E-state index contributed by atoms with van der Waals surface area (Å²) in [5.74, 6) is -0.709. The molecular weight excluding hydrogens is 290 g/mol. The Bertz CT molecular complexity index is 716. The Hall–Kier alpha value is -2.41. The largest absolute Gasteiger partial charge is 0.366 e. The number of carbonyl (C=O) groups is 2. The summed E-state index contributed by atoms with van der Waals surface area (Å²) in [6.45, 7) is 2.18. The fourth-order valence-corrected chi connectivity index (χ4v) is 2.59. The quantitative estimate of drug-likeness (QED) is 0.873. The van der Waals surface area contributed by atoms with Crippen LogP contribution in [0.5, 0.6) is 0 Å². The van der Waals surface area contributed by atoms with Crippen LogP contribution in [-0.4, -0.2) is 16.4 Å². The highest BCUT2D eigenvalue weighted by Gasteiger charge is 2.07. The van der Waals surface area contributed by atoms with Crippen molar-refractivity contribution in [3.8, 4) is 0 Å². The van der Waals surface area contributed by atoms with Crippen molar-refractivity contribution in [1.82, 2.24) is 4.57 Å². The number of aromatic nitrogens is 1. The third-order valence-corrected chi connectivity index (χ3v) is 3.87. The maximum Gasteiger partial charge on any atom is 0.307 e. The van der Waals surface area contributed by atoms with E-state index in [0.717, 1.165) is 17.0 Å². The lowest BCUT2D eigenvalue weighted by Crippen LogP contribution is -2.20. The molecule has 2 rings (SSSR count). The number of aryl methyl sites for hydroxylation is 1. The topological polar surface area (TPSA) is 94.2 Å². The van der Waals surface area contributed by atoms with Crippen LogP contribution in [0.3, 0.4) is 0 Å². The number of rotatable bonds is 5. The Balaban J connectivity index is 1.93. The molecule has 0 spiro atoms. The Morgan fingerprint density at radius 3 is 2.48 bits per heavy atom. The first kappa shape index (κ1) is 15.0. The van der Waals surface area contributed by atoms with Gasteiger partial charge in [-0.05, 0) is 31.2 Å². The van der Waals surface area contributed by atoms with Crippen molar-refractivity contribution >= 4 is 28.8 Å². The average Bonchev–Trinajstić information content (AvgIpc) is 2.76. The third kappa shape index (κ3) is 3.79. The van der Waals surface area contributed by atoms with E-state index in [1.54, 1.807) is 34.2 Å². The molecule has 0 unspecified atom stereocenters. The maximum atomic E-state index is 11.8. The molecule has 1 aromatic carbocycles. The van der Waals surface area contributed by atoms with E-state index in [1.807, 2.05) is 6.92 Å². The highest BCUT2D eigenvalue weighted by molar-refractivity contribution is 7.07. The molecule has 0 aliphatic carbocycles. The lowest BCUT2D eigenvalue weighted by Gasteiger charge is -2.07. The molecule has 6 nitrogen and oxygen atoms in total. The minimum Gasteiger partial charge on any atom is -0.366 e. The van der Waals surface area contributed by atoms with Crippen molar-refractivity contribution < 1.29 is 9.59 Å². The summed E-state index contributed by atoms with van der Waals surface area (Å²) in [6.07, 6.45) is 0.203. The molecule has 0 saturated carbocycles. The molecule has 1 aromatic heterocycles. The number of nitrogens with two attached hydrogens (primary N) is 1. The van der Waals surface area contributed by atoms with E-state index in [2.05, 4.69) is 5.32 Å². The fraction of sp³-hybridized carbons (Fsp3) is 0.214. The van der Waals surface area contributed by atoms with Gasteiger partial charge >= 0.3 is 4.87 Å². The summed E-state index contributed by atoms with van der Waals surface area (Å²) in [6, 6.07) is 6.32. The average molecular weight is 305 g/mol. The Morgan fingerprint density at radius 1 is 1.29 bits per heavy atom. The Kier molecular flexibility index (Phi) is 4.54. The predicted octanol–water partition coefficient (Wildman–Crippen LogP) is 1.35. The van der Waals surface area contributed by atoms with Crippen molar-refractivity contribution in [2.75, 3.05) is 5.32 Å². The van der Waals surface area contributed by atoms with Gasteiger partial charge in [-0.25, -0.2) is 0 Å². The van der Waals surface area contributed by atoms with Gasteiger partial charge in [-0.15, -0.1) is 0 Å². The van der Waals surface area contributed by atoms with E-state index in [0.29, 0.717) is 17.8 Å². The minimum absolute atomic E-state index is 0.0638. The summed E-state index contributed by atoms with van der Waals surface area (Å²) in [5.41, 5.74) is 6.95. The van der Waals surface area contributed by atoms with Crippen LogP contribution < -0.4 is 15.9 Å². The zero-order chi connectivity index (χ0) is 15.4. The highest BCUT2D eigenvalue weighted by atomic mass is 32.1. The molecule has 0 radical (unpaired) electrons. The predicted molar refractivity (Wildman–Crippen MR) is 81.5 cm³/mol. The van der Waals surface area contributed by atoms with E-state index >= 15 is 0 Å².